The lowest BCUT2D eigenvalue weighted by Gasteiger charge is -2.18. The van der Waals surface area contributed by atoms with E-state index >= 15 is 0 Å². The van der Waals surface area contributed by atoms with E-state index in [1.54, 1.807) is 6.07 Å². The van der Waals surface area contributed by atoms with Crippen molar-refractivity contribution in [3.05, 3.63) is 24.3 Å². The van der Waals surface area contributed by atoms with E-state index in [9.17, 15) is 5.11 Å². The largest absolute Gasteiger partial charge is 0.507 e. The summed E-state index contributed by atoms with van der Waals surface area (Å²) in [5, 5.41) is 10.8. The number of phenolic OH excluding ortho intramolecular Hbond substituents is 1. The average molecular weight is 182 g/mol. The maximum Gasteiger partial charge on any atom is 0.122 e. The molecule has 0 heterocycles. The Bertz CT molecular complexity index is 263. The van der Waals surface area contributed by atoms with Crippen LogP contribution in [-0.4, -0.2) is 10.3 Å². The summed E-state index contributed by atoms with van der Waals surface area (Å²) < 4.78 is 0. The molecule has 0 aromatic heterocycles. The van der Waals surface area contributed by atoms with Gasteiger partial charge in [0.15, 0.2) is 0 Å². The van der Waals surface area contributed by atoms with Gasteiger partial charge in [-0.15, -0.1) is 0 Å². The van der Waals surface area contributed by atoms with E-state index in [1.165, 1.54) is 0 Å². The molecule has 0 saturated heterocycles. The normalized spacial score (nSPS) is 12.6. The van der Waals surface area contributed by atoms with Gasteiger partial charge in [-0.1, -0.05) is 47.6 Å². The summed E-state index contributed by atoms with van der Waals surface area (Å²) in [6, 6.07) is 7.55. The Labute approximate surface area is 75.6 Å². The van der Waals surface area contributed by atoms with Crippen molar-refractivity contribution >= 4 is 13.9 Å². The minimum absolute atomic E-state index is 0.263. The number of phenols is 1. The van der Waals surface area contributed by atoms with Crippen LogP contribution in [0.4, 0.5) is 0 Å². The van der Waals surface area contributed by atoms with Crippen molar-refractivity contribution in [1.29, 1.82) is 0 Å². The first-order valence-electron chi connectivity index (χ1n) is 4.05. The van der Waals surface area contributed by atoms with Crippen molar-refractivity contribution in [3.8, 4) is 5.75 Å². The number of rotatable bonds is 1. The SMILES string of the molecule is CC(C)(C)Pc1ccccc1O. The Morgan fingerprint density at radius 1 is 1.17 bits per heavy atom. The van der Waals surface area contributed by atoms with E-state index in [2.05, 4.69) is 20.8 Å². The molecule has 1 N–H and O–H groups in total. The van der Waals surface area contributed by atoms with Gasteiger partial charge in [-0.3, -0.25) is 0 Å². The Balaban J connectivity index is 2.83. The summed E-state index contributed by atoms with van der Waals surface area (Å²) in [7, 11) is 0.663. The predicted octanol–water partition coefficient (Wildman–Crippen LogP) is 2.49. The second kappa shape index (κ2) is 3.45. The highest BCUT2D eigenvalue weighted by molar-refractivity contribution is 7.49. The van der Waals surface area contributed by atoms with Crippen LogP contribution in [0.2, 0.25) is 0 Å². The van der Waals surface area contributed by atoms with Gasteiger partial charge >= 0.3 is 0 Å². The van der Waals surface area contributed by atoms with Crippen LogP contribution in [-0.2, 0) is 0 Å². The summed E-state index contributed by atoms with van der Waals surface area (Å²) in [4.78, 5) is 0. The Morgan fingerprint density at radius 3 is 2.25 bits per heavy atom. The summed E-state index contributed by atoms with van der Waals surface area (Å²) >= 11 is 0. The molecule has 12 heavy (non-hydrogen) atoms. The molecule has 1 aromatic carbocycles. The molecule has 1 aromatic rings. The lowest BCUT2D eigenvalue weighted by atomic mass is 10.3. The van der Waals surface area contributed by atoms with Gasteiger partial charge < -0.3 is 5.11 Å². The van der Waals surface area contributed by atoms with E-state index in [1.807, 2.05) is 18.2 Å². The summed E-state index contributed by atoms with van der Waals surface area (Å²) in [5.74, 6) is 0.422. The first-order chi connectivity index (χ1) is 5.49. The van der Waals surface area contributed by atoms with Crippen LogP contribution in [0.25, 0.3) is 0 Å². The first kappa shape index (κ1) is 9.54. The fourth-order valence-electron chi connectivity index (χ4n) is 0.983. The third-order valence-electron chi connectivity index (χ3n) is 1.41. The lowest BCUT2D eigenvalue weighted by Crippen LogP contribution is -2.11. The molecule has 1 atom stereocenters. The molecule has 0 aliphatic heterocycles. The fourth-order valence-corrected chi connectivity index (χ4v) is 2.18. The van der Waals surface area contributed by atoms with Crippen LogP contribution in [0.1, 0.15) is 20.8 Å². The maximum atomic E-state index is 9.48. The molecule has 0 radical (unpaired) electrons. The van der Waals surface area contributed by atoms with Gasteiger partial charge in [-0.05, 0) is 11.2 Å². The first-order valence-corrected chi connectivity index (χ1v) is 5.05. The van der Waals surface area contributed by atoms with E-state index in [0.717, 1.165) is 5.30 Å². The van der Waals surface area contributed by atoms with Crippen molar-refractivity contribution in [2.24, 2.45) is 0 Å². The molecular formula is C10H15OP. The second-order valence-electron chi connectivity index (χ2n) is 3.89. The number of benzene rings is 1. The van der Waals surface area contributed by atoms with E-state index in [0.29, 0.717) is 14.3 Å². The standard InChI is InChI=1S/C10H15OP/c1-10(2,3)12-9-7-5-4-6-8(9)11/h4-7,11-12H,1-3H3. The van der Waals surface area contributed by atoms with Crippen molar-refractivity contribution in [2.75, 3.05) is 0 Å². The Morgan fingerprint density at radius 2 is 1.75 bits per heavy atom. The molecule has 0 fully saturated rings. The highest BCUT2D eigenvalue weighted by atomic mass is 31.1. The number of hydrogen-bond acceptors (Lipinski definition) is 1. The van der Waals surface area contributed by atoms with Crippen LogP contribution in [0, 0.1) is 0 Å². The molecule has 1 unspecified atom stereocenters. The lowest BCUT2D eigenvalue weighted by molar-refractivity contribution is 0.479. The third-order valence-corrected chi connectivity index (χ3v) is 2.86. The van der Waals surface area contributed by atoms with Gasteiger partial charge in [0, 0.05) is 5.30 Å². The minimum atomic E-state index is 0.263. The predicted molar refractivity (Wildman–Crippen MR) is 55.8 cm³/mol. The molecule has 0 bridgehead atoms. The van der Waals surface area contributed by atoms with Crippen LogP contribution < -0.4 is 5.30 Å². The molecule has 1 rings (SSSR count). The van der Waals surface area contributed by atoms with Crippen LogP contribution in [0.5, 0.6) is 5.75 Å². The monoisotopic (exact) mass is 182 g/mol. The van der Waals surface area contributed by atoms with Crippen molar-refractivity contribution < 1.29 is 5.11 Å². The molecule has 0 spiro atoms. The number of aromatic hydroxyl groups is 1. The zero-order chi connectivity index (χ0) is 9.19. The smallest absolute Gasteiger partial charge is 0.122 e. The molecule has 0 aliphatic carbocycles. The van der Waals surface area contributed by atoms with Gasteiger partial charge in [-0.2, -0.15) is 0 Å². The van der Waals surface area contributed by atoms with Gasteiger partial charge in [-0.25, -0.2) is 0 Å². The van der Waals surface area contributed by atoms with Gasteiger partial charge in [0.05, 0.1) is 0 Å². The number of hydrogen-bond donors (Lipinski definition) is 1. The molecule has 2 heteroatoms. The highest BCUT2D eigenvalue weighted by Crippen LogP contribution is 2.32. The van der Waals surface area contributed by atoms with Crippen molar-refractivity contribution in [3.63, 3.8) is 0 Å². The van der Waals surface area contributed by atoms with Gasteiger partial charge in [0.25, 0.3) is 0 Å². The third kappa shape index (κ3) is 2.83. The molecule has 0 saturated carbocycles. The zero-order valence-corrected chi connectivity index (χ0v) is 8.76. The summed E-state index contributed by atoms with van der Waals surface area (Å²) in [6.45, 7) is 6.54. The minimum Gasteiger partial charge on any atom is -0.507 e. The van der Waals surface area contributed by atoms with Crippen LogP contribution >= 0.6 is 8.58 Å². The van der Waals surface area contributed by atoms with Crippen molar-refractivity contribution in [2.45, 2.75) is 25.9 Å². The van der Waals surface area contributed by atoms with E-state index in [4.69, 9.17) is 0 Å². The zero-order valence-electron chi connectivity index (χ0n) is 7.76. The Hall–Kier alpha value is -0.550. The summed E-state index contributed by atoms with van der Waals surface area (Å²) in [5.41, 5.74) is 0. The molecule has 0 aliphatic rings. The second-order valence-corrected chi connectivity index (χ2v) is 6.18. The molecule has 1 nitrogen and oxygen atoms in total. The quantitative estimate of drug-likeness (QED) is 0.661. The van der Waals surface area contributed by atoms with Crippen LogP contribution in [0.15, 0.2) is 24.3 Å². The van der Waals surface area contributed by atoms with Gasteiger partial charge in [0.2, 0.25) is 0 Å². The molecule has 66 valence electrons. The van der Waals surface area contributed by atoms with E-state index in [-0.39, 0.29) is 5.16 Å². The van der Waals surface area contributed by atoms with Crippen molar-refractivity contribution in [1.82, 2.24) is 0 Å². The average Bonchev–Trinajstić information content (AvgIpc) is 1.91. The van der Waals surface area contributed by atoms with Gasteiger partial charge in [0.1, 0.15) is 5.75 Å². The molecule has 0 amide bonds. The molecular weight excluding hydrogens is 167 g/mol. The van der Waals surface area contributed by atoms with E-state index < -0.39 is 0 Å². The maximum absolute atomic E-state index is 9.48. The fraction of sp³-hybridized carbons (Fsp3) is 0.400. The Kier molecular flexibility index (Phi) is 2.74. The highest BCUT2D eigenvalue weighted by Gasteiger charge is 2.12. The van der Waals surface area contributed by atoms with Crippen LogP contribution in [0.3, 0.4) is 0 Å². The topological polar surface area (TPSA) is 20.2 Å². The summed E-state index contributed by atoms with van der Waals surface area (Å²) in [6.07, 6.45) is 0. The number of para-hydroxylation sites is 1.